The van der Waals surface area contributed by atoms with Crippen LogP contribution in [0.5, 0.6) is 11.5 Å². The van der Waals surface area contributed by atoms with Crippen molar-refractivity contribution in [2.45, 2.75) is 30.5 Å². The predicted molar refractivity (Wildman–Crippen MR) is 224 cm³/mol. The summed E-state index contributed by atoms with van der Waals surface area (Å²) in [6.07, 6.45) is 0. The summed E-state index contributed by atoms with van der Waals surface area (Å²) in [7, 11) is -10.6. The third-order valence-corrected chi connectivity index (χ3v) is 12.0. The van der Waals surface area contributed by atoms with Crippen molar-refractivity contribution in [2.75, 3.05) is 5.01 Å². The lowest BCUT2D eigenvalue weighted by molar-refractivity contribution is -0.432. The van der Waals surface area contributed by atoms with Crippen LogP contribution in [0.4, 0.5) is 39.8 Å². The molecular formula is C32H21N9O22S5. The number of hydrazone groups is 1. The number of aliphatic carboxylic acids is 1. The Bertz CT molecular complexity index is 3180. The fourth-order valence-corrected chi connectivity index (χ4v) is 8.18. The number of carboxylic acids is 1. The summed E-state index contributed by atoms with van der Waals surface area (Å²) < 4.78 is 83.5. The van der Waals surface area contributed by atoms with E-state index in [9.17, 15) is 61.0 Å². The van der Waals surface area contributed by atoms with Crippen LogP contribution >= 0.6 is 36.1 Å². The van der Waals surface area contributed by atoms with Crippen LogP contribution in [-0.2, 0) is 57.9 Å². The molecule has 0 aliphatic carbocycles. The molecule has 5 aromatic rings. The molecule has 0 radical (unpaired) electrons. The number of nitro benzene ring substituents is 1. The molecule has 1 heterocycles. The summed E-state index contributed by atoms with van der Waals surface area (Å²) in [6.45, 7) is 0. The Morgan fingerprint density at radius 3 is 1.93 bits per heavy atom. The summed E-state index contributed by atoms with van der Waals surface area (Å²) in [5.74, 6) is -5.00. The van der Waals surface area contributed by atoms with Crippen LogP contribution in [0.15, 0.2) is 133 Å². The monoisotopic (exact) mass is 1040 g/mol. The number of azo groups is 3. The number of anilines is 1. The normalized spacial score (nSPS) is 14.5. The number of phenolic OH excluding ortho intramolecular Hbond substituents is 2. The van der Waals surface area contributed by atoms with Gasteiger partial charge in [0.15, 0.2) is 17.2 Å². The molecule has 1 amide bonds. The average Bonchev–Trinajstić information content (AvgIpc) is 3.63. The van der Waals surface area contributed by atoms with Gasteiger partial charge < -0.3 is 15.3 Å². The van der Waals surface area contributed by atoms with Gasteiger partial charge in [-0.15, -0.1) is 33.5 Å². The van der Waals surface area contributed by atoms with E-state index in [1.54, 1.807) is 0 Å². The van der Waals surface area contributed by atoms with Crippen LogP contribution in [0.2, 0.25) is 0 Å². The highest BCUT2D eigenvalue weighted by Crippen LogP contribution is 2.51. The lowest BCUT2D eigenvalue weighted by atomic mass is 10.1. The molecule has 0 bridgehead atoms. The van der Waals surface area contributed by atoms with Gasteiger partial charge in [0.2, 0.25) is 6.04 Å². The largest absolute Gasteiger partial charge is 0.505 e. The van der Waals surface area contributed by atoms with Crippen molar-refractivity contribution >= 4 is 125 Å². The molecule has 0 fully saturated rings. The topological polar surface area (TPSA) is 453 Å². The smallest absolute Gasteiger partial charge is 0.355 e. The Kier molecular flexibility index (Phi) is 16.0. The first-order valence-corrected chi connectivity index (χ1v) is 22.2. The molecule has 1 aliphatic rings. The highest BCUT2D eigenvalue weighted by Gasteiger charge is 2.41. The molecule has 36 heteroatoms. The maximum atomic E-state index is 13.3. The number of benzene rings is 5. The Morgan fingerprint density at radius 2 is 1.31 bits per heavy atom. The number of nitrogens with zero attached hydrogens (tertiary/aromatic N) is 9. The van der Waals surface area contributed by atoms with Gasteiger partial charge >= 0.3 is 5.97 Å². The fourth-order valence-electron chi connectivity index (χ4n) is 5.56. The molecule has 8 N–H and O–H groups in total. The first kappa shape index (κ1) is 50.7. The summed E-state index contributed by atoms with van der Waals surface area (Å²) in [5.41, 5.74) is -4.46. The van der Waals surface area contributed by atoms with E-state index in [2.05, 4.69) is 63.9 Å². The standard InChI is InChI=1S/C32H21N9O22S5/c42-29-24-13(10-23(68(55,56)57)26(30(24)43)37-34-18-8-4-16(41(47)48)12-20(18)65-62-59-50)9-21(66-63-60-51)25(29)36-35-19-7-1-14(11-22(19)67(52,53)54)33-38-27-28(32(45)46)39-40(31(27)44)15-2-5-17(6-3-15)64-61-58-49/h1-12,27,42-43,49-51H,(H,45,46)(H,52,53,54)(H,55,56,57)/b36-35+,37-34+,38-33+. The third-order valence-electron chi connectivity index (χ3n) is 8.39. The van der Waals surface area contributed by atoms with E-state index in [0.29, 0.717) is 34.1 Å². The molecule has 1 atom stereocenters. The third kappa shape index (κ3) is 11.5. The predicted octanol–water partition coefficient (Wildman–Crippen LogP) is 7.71. The van der Waals surface area contributed by atoms with Gasteiger partial charge in [0.25, 0.3) is 31.8 Å². The molecule has 6 rings (SSSR count). The number of carboxylic acid groups (broad SMARTS) is 1. The lowest BCUT2D eigenvalue weighted by Gasteiger charge is -2.13. The number of aromatic hydroxyl groups is 2. The SMILES string of the molecule is O=C(O)C1=NN(c2ccc(SOOO)cc2)C(=O)C1/N=N/c1ccc(/N=N/c2c(SOOO)cc3cc(S(=O)(=O)O)c(/N=N/c4ccc([N+](=O)[O-])cc4SOOO)c(O)c3c2O)c(S(=O)(=O)O)c1. The number of rotatable bonds is 20. The van der Waals surface area contributed by atoms with E-state index in [0.717, 1.165) is 36.4 Å². The Hall–Kier alpha value is -6.72. The number of nitro groups is 1. The van der Waals surface area contributed by atoms with E-state index >= 15 is 0 Å². The zero-order valence-electron chi connectivity index (χ0n) is 32.4. The minimum Gasteiger partial charge on any atom is -0.505 e. The highest BCUT2D eigenvalue weighted by molar-refractivity contribution is 7.95. The molecule has 31 nitrogen and oxygen atoms in total. The van der Waals surface area contributed by atoms with Gasteiger partial charge in [-0.05, 0) is 66.0 Å². The molecule has 0 saturated carbocycles. The number of amides is 1. The van der Waals surface area contributed by atoms with Crippen molar-refractivity contribution in [1.82, 2.24) is 0 Å². The molecule has 0 aromatic heterocycles. The summed E-state index contributed by atoms with van der Waals surface area (Å²) in [4.78, 5) is 33.3. The Morgan fingerprint density at radius 1 is 0.721 bits per heavy atom. The zero-order valence-corrected chi connectivity index (χ0v) is 36.4. The molecular weight excluding hydrogens is 1020 g/mol. The van der Waals surface area contributed by atoms with Crippen molar-refractivity contribution in [3.05, 3.63) is 82.9 Å². The molecule has 0 saturated heterocycles. The van der Waals surface area contributed by atoms with E-state index in [4.69, 9.17) is 15.8 Å². The van der Waals surface area contributed by atoms with Gasteiger partial charge in [0, 0.05) is 17.0 Å². The molecule has 356 valence electrons. The van der Waals surface area contributed by atoms with Gasteiger partial charge in [0.1, 0.15) is 32.5 Å². The van der Waals surface area contributed by atoms with Crippen LogP contribution in [0.3, 0.4) is 0 Å². The number of carbonyl (C=O) groups excluding carboxylic acids is 1. The molecule has 5 aromatic carbocycles. The second-order valence-corrected chi connectivity index (χ2v) is 17.4. The van der Waals surface area contributed by atoms with E-state index in [1.807, 2.05) is 0 Å². The zero-order chi connectivity index (χ0) is 49.5. The Balaban J connectivity index is 1.39. The minimum absolute atomic E-state index is 0.0676. The van der Waals surface area contributed by atoms with E-state index in [1.165, 1.54) is 24.3 Å². The molecule has 1 aliphatic heterocycles. The summed E-state index contributed by atoms with van der Waals surface area (Å²) >= 11 is 0.857. The minimum atomic E-state index is -5.32. The quantitative estimate of drug-likeness (QED) is 0.00923. The van der Waals surface area contributed by atoms with Gasteiger partial charge in [0.05, 0.1) is 67.6 Å². The van der Waals surface area contributed by atoms with Crippen LogP contribution in [0.25, 0.3) is 10.8 Å². The fraction of sp³-hybridized carbons (Fsp3) is 0.0312. The van der Waals surface area contributed by atoms with Crippen molar-refractivity contribution in [3.8, 4) is 11.5 Å². The maximum Gasteiger partial charge on any atom is 0.355 e. The number of non-ortho nitro benzene ring substituents is 1. The van der Waals surface area contributed by atoms with Gasteiger partial charge in [-0.3, -0.25) is 24.0 Å². The summed E-state index contributed by atoms with van der Waals surface area (Å²) in [6, 6.07) is 10.6. The lowest BCUT2D eigenvalue weighted by Crippen LogP contribution is -2.33. The number of hydrogen-bond donors (Lipinski definition) is 8. The maximum absolute atomic E-state index is 13.3. The highest BCUT2D eigenvalue weighted by atomic mass is 32.2. The molecule has 1 unspecified atom stereocenters. The average molecular weight is 1040 g/mol. The van der Waals surface area contributed by atoms with E-state index in [-0.39, 0.29) is 40.4 Å². The number of fused-ring (bicyclic) bond motifs is 1. The Labute approximate surface area is 388 Å². The number of carbonyl (C=O) groups is 2. The number of phenols is 2. The van der Waals surface area contributed by atoms with Crippen molar-refractivity contribution < 1.29 is 99.7 Å². The van der Waals surface area contributed by atoms with Crippen molar-refractivity contribution in [3.63, 3.8) is 0 Å². The van der Waals surface area contributed by atoms with Crippen molar-refractivity contribution in [2.24, 2.45) is 35.8 Å². The van der Waals surface area contributed by atoms with Crippen LogP contribution < -0.4 is 5.01 Å². The van der Waals surface area contributed by atoms with Crippen molar-refractivity contribution in [1.29, 1.82) is 0 Å². The number of hydrogen-bond acceptors (Lipinski definition) is 29. The van der Waals surface area contributed by atoms with Crippen LogP contribution in [0, 0.1) is 10.1 Å². The van der Waals surface area contributed by atoms with E-state index < -0.39 is 114 Å². The summed E-state index contributed by atoms with van der Waals surface area (Å²) in [5, 5.41) is 106. The van der Waals surface area contributed by atoms with Crippen LogP contribution in [0.1, 0.15) is 0 Å². The first-order valence-electron chi connectivity index (χ1n) is 17.1. The van der Waals surface area contributed by atoms with Gasteiger partial charge in [-0.1, -0.05) is 15.1 Å². The second-order valence-electron chi connectivity index (χ2n) is 12.4. The van der Waals surface area contributed by atoms with Gasteiger partial charge in [-0.25, -0.2) is 20.6 Å². The molecule has 68 heavy (non-hydrogen) atoms. The second kappa shape index (κ2) is 21.5. The van der Waals surface area contributed by atoms with Gasteiger partial charge in [-0.2, -0.15) is 37.2 Å². The molecule has 0 spiro atoms. The van der Waals surface area contributed by atoms with Crippen LogP contribution in [-0.4, -0.2) is 85.6 Å². The first-order chi connectivity index (χ1) is 32.3.